The van der Waals surface area contributed by atoms with Gasteiger partial charge in [0.05, 0.1) is 25.3 Å². The third kappa shape index (κ3) is 3.23. The number of benzene rings is 2. The number of carbonyl (C=O) groups is 1. The Morgan fingerprint density at radius 2 is 1.70 bits per heavy atom. The summed E-state index contributed by atoms with van der Waals surface area (Å²) in [6.45, 7) is 1.36. The maximum absolute atomic E-state index is 13.1. The zero-order chi connectivity index (χ0) is 18.8. The molecule has 1 saturated heterocycles. The van der Waals surface area contributed by atoms with Crippen molar-refractivity contribution in [1.29, 1.82) is 0 Å². The molecule has 27 heavy (non-hydrogen) atoms. The second kappa shape index (κ2) is 7.31. The molecule has 1 N–H and O–H groups in total. The summed E-state index contributed by atoms with van der Waals surface area (Å²) in [5.41, 5.74) is 2.54. The number of nitrogens with one attached hydrogen (secondary N) is 1. The fraction of sp³-hybridized carbons (Fsp3) is 0.333. The molecule has 3 aromatic rings. The Bertz CT molecular complexity index is 903. The molecule has 0 aliphatic carbocycles. The number of piperidine rings is 1. The molecule has 4 rings (SSSR count). The number of nitrogens with zero attached hydrogens (tertiary/aromatic N) is 2. The van der Waals surface area contributed by atoms with E-state index in [2.05, 4.69) is 4.98 Å². The molecule has 1 aromatic heterocycles. The second-order valence-corrected chi connectivity index (χ2v) is 6.74. The number of rotatable bonds is 4. The van der Waals surface area contributed by atoms with Gasteiger partial charge in [-0.25, -0.2) is 4.98 Å². The molecule has 0 spiro atoms. The van der Waals surface area contributed by atoms with Crippen molar-refractivity contribution in [1.82, 2.24) is 14.9 Å². The maximum Gasteiger partial charge on any atom is 0.261 e. The molecular weight excluding hydrogens is 342 g/mol. The predicted molar refractivity (Wildman–Crippen MR) is 104 cm³/mol. The van der Waals surface area contributed by atoms with Gasteiger partial charge >= 0.3 is 0 Å². The highest BCUT2D eigenvalue weighted by atomic mass is 16.5. The molecule has 140 valence electrons. The fourth-order valence-electron chi connectivity index (χ4n) is 3.74. The second-order valence-electron chi connectivity index (χ2n) is 6.74. The molecule has 1 aliphatic rings. The van der Waals surface area contributed by atoms with Gasteiger partial charge in [0.2, 0.25) is 0 Å². The smallest absolute Gasteiger partial charge is 0.261 e. The van der Waals surface area contributed by atoms with Gasteiger partial charge in [0, 0.05) is 19.0 Å². The van der Waals surface area contributed by atoms with Gasteiger partial charge in [0.25, 0.3) is 5.91 Å². The highest BCUT2D eigenvalue weighted by molar-refractivity contribution is 5.99. The molecular formula is C21H23N3O3. The number of likely N-dealkylation sites (tertiary alicyclic amines) is 1. The van der Waals surface area contributed by atoms with Crippen molar-refractivity contribution in [3.8, 4) is 11.5 Å². The monoisotopic (exact) mass is 365 g/mol. The molecule has 0 unspecified atom stereocenters. The number of hydrogen-bond acceptors (Lipinski definition) is 4. The number of ether oxygens (including phenoxy) is 2. The van der Waals surface area contributed by atoms with Crippen LogP contribution < -0.4 is 9.47 Å². The number of imidazole rings is 1. The Hall–Kier alpha value is -3.02. The molecule has 2 aromatic carbocycles. The number of carbonyl (C=O) groups excluding carboxylic acids is 1. The van der Waals surface area contributed by atoms with E-state index in [1.807, 2.05) is 35.2 Å². The summed E-state index contributed by atoms with van der Waals surface area (Å²) in [7, 11) is 3.14. The molecule has 2 heterocycles. The van der Waals surface area contributed by atoms with Gasteiger partial charge in [-0.1, -0.05) is 18.2 Å². The van der Waals surface area contributed by atoms with E-state index in [0.29, 0.717) is 36.1 Å². The average Bonchev–Trinajstić information content (AvgIpc) is 3.17. The number of aromatic amines is 1. The van der Waals surface area contributed by atoms with Crippen LogP contribution in [0.3, 0.4) is 0 Å². The van der Waals surface area contributed by atoms with Crippen LogP contribution in [0, 0.1) is 0 Å². The van der Waals surface area contributed by atoms with Gasteiger partial charge in [-0.15, -0.1) is 0 Å². The molecule has 0 radical (unpaired) electrons. The first-order valence-corrected chi connectivity index (χ1v) is 9.16. The highest BCUT2D eigenvalue weighted by Crippen LogP contribution is 2.33. The predicted octanol–water partition coefficient (Wildman–Crippen LogP) is 3.60. The molecule has 6 heteroatoms. The summed E-state index contributed by atoms with van der Waals surface area (Å²) in [5, 5.41) is 0. The van der Waals surface area contributed by atoms with Crippen molar-refractivity contribution in [2.75, 3.05) is 27.3 Å². The third-order valence-electron chi connectivity index (χ3n) is 5.22. The van der Waals surface area contributed by atoms with Crippen molar-refractivity contribution in [2.45, 2.75) is 18.8 Å². The van der Waals surface area contributed by atoms with Crippen LogP contribution in [0.5, 0.6) is 11.5 Å². The van der Waals surface area contributed by atoms with Crippen LogP contribution in [-0.4, -0.2) is 48.1 Å². The van der Waals surface area contributed by atoms with E-state index in [0.717, 1.165) is 29.7 Å². The first-order valence-electron chi connectivity index (χ1n) is 9.16. The Labute approximate surface area is 158 Å². The minimum Gasteiger partial charge on any atom is -0.496 e. The van der Waals surface area contributed by atoms with Gasteiger partial charge in [-0.2, -0.15) is 0 Å². The van der Waals surface area contributed by atoms with Gasteiger partial charge in [-0.3, -0.25) is 4.79 Å². The van der Waals surface area contributed by atoms with Gasteiger partial charge < -0.3 is 19.4 Å². The molecule has 1 amide bonds. The first kappa shape index (κ1) is 17.4. The van der Waals surface area contributed by atoms with Crippen LogP contribution in [0.1, 0.15) is 34.9 Å². The first-order chi connectivity index (χ1) is 13.2. The number of amides is 1. The van der Waals surface area contributed by atoms with Crippen molar-refractivity contribution in [2.24, 2.45) is 0 Å². The zero-order valence-electron chi connectivity index (χ0n) is 15.6. The lowest BCUT2D eigenvalue weighted by Crippen LogP contribution is -2.38. The molecule has 1 aliphatic heterocycles. The summed E-state index contributed by atoms with van der Waals surface area (Å²) < 4.78 is 10.8. The summed E-state index contributed by atoms with van der Waals surface area (Å²) in [5.74, 6) is 2.38. The highest BCUT2D eigenvalue weighted by Gasteiger charge is 2.29. The molecule has 1 fully saturated rings. The Balaban J connectivity index is 1.50. The molecule has 0 bridgehead atoms. The number of aromatic nitrogens is 2. The Morgan fingerprint density at radius 3 is 2.33 bits per heavy atom. The van der Waals surface area contributed by atoms with Crippen molar-refractivity contribution in [3.63, 3.8) is 0 Å². The number of fused-ring (bicyclic) bond motifs is 1. The molecule has 6 nitrogen and oxygen atoms in total. The zero-order valence-corrected chi connectivity index (χ0v) is 15.6. The standard InChI is InChI=1S/C21H23N3O3/c1-26-17-8-5-9-18(27-2)19(17)21(25)24-12-10-14(11-13-24)20-22-15-6-3-4-7-16(15)23-20/h3-9,14H,10-13H2,1-2H3,(H,22,23). The number of H-pyrrole nitrogens is 1. The minimum atomic E-state index is -0.0487. The third-order valence-corrected chi connectivity index (χ3v) is 5.22. The fourth-order valence-corrected chi connectivity index (χ4v) is 3.74. The van der Waals surface area contributed by atoms with Crippen molar-refractivity contribution in [3.05, 3.63) is 53.9 Å². The number of methoxy groups -OCH3 is 2. The van der Waals surface area contributed by atoms with Crippen LogP contribution in [0.25, 0.3) is 11.0 Å². The molecule has 0 saturated carbocycles. The van der Waals surface area contributed by atoms with E-state index in [4.69, 9.17) is 14.5 Å². The van der Waals surface area contributed by atoms with E-state index < -0.39 is 0 Å². The summed E-state index contributed by atoms with van der Waals surface area (Å²) >= 11 is 0. The quantitative estimate of drug-likeness (QED) is 0.767. The van der Waals surface area contributed by atoms with E-state index in [-0.39, 0.29) is 5.91 Å². The summed E-state index contributed by atoms with van der Waals surface area (Å²) in [6, 6.07) is 13.5. The van der Waals surface area contributed by atoms with E-state index >= 15 is 0 Å². The largest absolute Gasteiger partial charge is 0.496 e. The van der Waals surface area contributed by atoms with Crippen LogP contribution in [0.2, 0.25) is 0 Å². The van der Waals surface area contributed by atoms with Crippen LogP contribution in [-0.2, 0) is 0 Å². The Kier molecular flexibility index (Phi) is 4.71. The van der Waals surface area contributed by atoms with Crippen LogP contribution >= 0.6 is 0 Å². The summed E-state index contributed by atoms with van der Waals surface area (Å²) in [6.07, 6.45) is 1.76. The van der Waals surface area contributed by atoms with E-state index in [1.54, 1.807) is 26.4 Å². The SMILES string of the molecule is COc1cccc(OC)c1C(=O)N1CCC(c2nc3ccccc3[nH]2)CC1. The topological polar surface area (TPSA) is 67.5 Å². The average molecular weight is 365 g/mol. The summed E-state index contributed by atoms with van der Waals surface area (Å²) in [4.78, 5) is 23.1. The maximum atomic E-state index is 13.1. The van der Waals surface area contributed by atoms with Crippen LogP contribution in [0.4, 0.5) is 0 Å². The lowest BCUT2D eigenvalue weighted by molar-refractivity contribution is 0.0704. The van der Waals surface area contributed by atoms with E-state index in [9.17, 15) is 4.79 Å². The normalized spacial score (nSPS) is 15.1. The lowest BCUT2D eigenvalue weighted by Gasteiger charge is -2.31. The minimum absolute atomic E-state index is 0.0487. The van der Waals surface area contributed by atoms with Crippen LogP contribution in [0.15, 0.2) is 42.5 Å². The number of para-hydroxylation sites is 2. The van der Waals surface area contributed by atoms with Gasteiger partial charge in [-0.05, 0) is 37.1 Å². The van der Waals surface area contributed by atoms with Crippen molar-refractivity contribution < 1.29 is 14.3 Å². The van der Waals surface area contributed by atoms with Gasteiger partial charge in [0.15, 0.2) is 0 Å². The lowest BCUT2D eigenvalue weighted by atomic mass is 9.95. The number of hydrogen-bond donors (Lipinski definition) is 1. The van der Waals surface area contributed by atoms with Gasteiger partial charge in [0.1, 0.15) is 22.9 Å². The van der Waals surface area contributed by atoms with Crippen molar-refractivity contribution >= 4 is 16.9 Å². The Morgan fingerprint density at radius 1 is 1.04 bits per heavy atom. The molecule has 0 atom stereocenters. The van der Waals surface area contributed by atoms with E-state index in [1.165, 1.54) is 0 Å².